The smallest absolute Gasteiger partial charge is 0.145 e. The molecule has 4 aromatic carbocycles. The molecule has 0 aliphatic rings. The molecule has 0 unspecified atom stereocenters. The van der Waals surface area contributed by atoms with E-state index in [0.717, 1.165) is 11.0 Å². The lowest BCUT2D eigenvalue weighted by Crippen LogP contribution is -1.89. The molecule has 0 radical (unpaired) electrons. The van der Waals surface area contributed by atoms with Crippen molar-refractivity contribution < 1.29 is 0 Å². The second kappa shape index (κ2) is 6.41. The van der Waals surface area contributed by atoms with E-state index in [4.69, 9.17) is 4.98 Å². The van der Waals surface area contributed by atoms with Crippen molar-refractivity contribution in [2.24, 2.45) is 0 Å². The largest absolute Gasteiger partial charge is 0.293 e. The Morgan fingerprint density at radius 3 is 1.81 bits per heavy atom. The number of nitrogens with zero attached hydrogens (tertiary/aromatic N) is 2. The SMILES string of the molecule is Cc1ccc2c3cccc4c5ccccc5c5ccccc5c5cccnc5n(c2c1)c43. The number of para-hydroxylation sites is 1. The summed E-state index contributed by atoms with van der Waals surface area (Å²) in [6.45, 7) is 2.16. The van der Waals surface area contributed by atoms with Crippen molar-refractivity contribution in [1.29, 1.82) is 0 Å². The van der Waals surface area contributed by atoms with Gasteiger partial charge in [0.05, 0.1) is 11.0 Å². The third kappa shape index (κ3) is 2.27. The van der Waals surface area contributed by atoms with Gasteiger partial charge in [-0.1, -0.05) is 78.9 Å². The Bertz CT molecular complexity index is 1890. The highest BCUT2D eigenvalue weighted by Gasteiger charge is 2.15. The van der Waals surface area contributed by atoms with Crippen LogP contribution in [0.1, 0.15) is 5.56 Å². The molecule has 0 atom stereocenters. The molecule has 0 bridgehead atoms. The molecule has 150 valence electrons. The maximum Gasteiger partial charge on any atom is 0.145 e. The van der Waals surface area contributed by atoms with E-state index in [0.29, 0.717) is 0 Å². The molecule has 0 spiro atoms. The van der Waals surface area contributed by atoms with Gasteiger partial charge in [-0.15, -0.1) is 0 Å². The van der Waals surface area contributed by atoms with Gasteiger partial charge >= 0.3 is 0 Å². The van der Waals surface area contributed by atoms with Gasteiger partial charge in [0.25, 0.3) is 0 Å². The molecule has 3 heterocycles. The zero-order valence-corrected chi connectivity index (χ0v) is 17.7. The fraction of sp³-hybridized carbons (Fsp3) is 0.0333. The second-order valence-corrected chi connectivity index (χ2v) is 8.52. The average Bonchev–Trinajstić information content (AvgIpc) is 3.18. The van der Waals surface area contributed by atoms with E-state index < -0.39 is 0 Å². The minimum atomic E-state index is 0.978. The molecule has 32 heavy (non-hydrogen) atoms. The summed E-state index contributed by atoms with van der Waals surface area (Å²) in [5.41, 5.74) is 4.64. The molecule has 2 heteroatoms. The van der Waals surface area contributed by atoms with Crippen LogP contribution in [0.2, 0.25) is 0 Å². The maximum atomic E-state index is 4.96. The number of pyridine rings is 1. The number of aryl methyl sites for hydroxylation is 1. The lowest BCUT2D eigenvalue weighted by molar-refractivity contribution is 1.25. The van der Waals surface area contributed by atoms with Crippen LogP contribution in [0.4, 0.5) is 0 Å². The summed E-state index contributed by atoms with van der Waals surface area (Å²) in [7, 11) is 0. The third-order valence-electron chi connectivity index (χ3n) is 6.67. The average molecular weight is 409 g/mol. The minimum absolute atomic E-state index is 0.978. The fourth-order valence-corrected chi connectivity index (χ4v) is 5.31. The molecule has 7 rings (SSSR count). The fourth-order valence-electron chi connectivity index (χ4n) is 5.31. The van der Waals surface area contributed by atoms with E-state index >= 15 is 0 Å². The van der Waals surface area contributed by atoms with Gasteiger partial charge in [-0.3, -0.25) is 4.40 Å². The van der Waals surface area contributed by atoms with Crippen LogP contribution in [0.5, 0.6) is 0 Å². The molecular formula is C30H20N2. The molecule has 0 aliphatic heterocycles. The van der Waals surface area contributed by atoms with Crippen molar-refractivity contribution in [2.45, 2.75) is 6.92 Å². The summed E-state index contributed by atoms with van der Waals surface area (Å²) in [5, 5.41) is 9.85. The Kier molecular flexibility index (Phi) is 3.51. The van der Waals surface area contributed by atoms with Gasteiger partial charge in [-0.05, 0) is 52.2 Å². The standard InChI is InChI=1S/C30H20N2/c1-19-15-16-24-26-13-6-12-25-22-10-4-2-8-20(22)21-9-3-5-11-23(21)27-14-7-17-31-30(27)32(29(25)26)28(24)18-19/h2-18H,1H3. The number of aromatic nitrogens is 2. The predicted octanol–water partition coefficient (Wildman–Crippen LogP) is 7.97. The van der Waals surface area contributed by atoms with Crippen LogP contribution in [-0.2, 0) is 0 Å². The molecule has 0 amide bonds. The summed E-state index contributed by atoms with van der Waals surface area (Å²) in [6, 6.07) is 35.1. The van der Waals surface area contributed by atoms with Crippen LogP contribution in [0.3, 0.4) is 0 Å². The summed E-state index contributed by atoms with van der Waals surface area (Å²) < 4.78 is 2.38. The van der Waals surface area contributed by atoms with E-state index in [1.54, 1.807) is 0 Å². The Labute approximate surface area is 185 Å². The molecule has 0 saturated carbocycles. The van der Waals surface area contributed by atoms with Crippen LogP contribution >= 0.6 is 0 Å². The summed E-state index contributed by atoms with van der Waals surface area (Å²) >= 11 is 0. The Morgan fingerprint density at radius 1 is 0.531 bits per heavy atom. The van der Waals surface area contributed by atoms with Crippen LogP contribution in [0.15, 0.2) is 103 Å². The van der Waals surface area contributed by atoms with Crippen molar-refractivity contribution in [2.75, 3.05) is 0 Å². The van der Waals surface area contributed by atoms with Gasteiger partial charge in [-0.2, -0.15) is 0 Å². The monoisotopic (exact) mass is 408 g/mol. The van der Waals surface area contributed by atoms with Crippen molar-refractivity contribution in [3.63, 3.8) is 0 Å². The van der Waals surface area contributed by atoms with Gasteiger partial charge in [0, 0.05) is 27.7 Å². The molecular weight excluding hydrogens is 388 g/mol. The molecule has 0 saturated heterocycles. The lowest BCUT2D eigenvalue weighted by atomic mass is 10.0. The molecule has 0 fully saturated rings. The zero-order valence-electron chi connectivity index (χ0n) is 17.7. The Morgan fingerprint density at radius 2 is 1.09 bits per heavy atom. The number of hydrogen-bond acceptors (Lipinski definition) is 1. The van der Waals surface area contributed by atoms with Crippen LogP contribution < -0.4 is 0 Å². The maximum absolute atomic E-state index is 4.96. The van der Waals surface area contributed by atoms with Crippen LogP contribution in [0, 0.1) is 6.92 Å². The van der Waals surface area contributed by atoms with E-state index in [-0.39, 0.29) is 0 Å². The van der Waals surface area contributed by atoms with E-state index in [1.807, 2.05) is 12.3 Å². The highest BCUT2D eigenvalue weighted by molar-refractivity contribution is 6.24. The van der Waals surface area contributed by atoms with E-state index in [1.165, 1.54) is 54.3 Å². The highest BCUT2D eigenvalue weighted by atomic mass is 15.0. The molecule has 0 N–H and O–H groups in total. The number of fused-ring (bicyclic) bond motifs is 10. The normalized spacial score (nSPS) is 11.9. The highest BCUT2D eigenvalue weighted by Crippen LogP contribution is 2.38. The Hall–Kier alpha value is -4.17. The third-order valence-corrected chi connectivity index (χ3v) is 6.67. The first-order valence-electron chi connectivity index (χ1n) is 11.0. The van der Waals surface area contributed by atoms with Crippen molar-refractivity contribution in [3.8, 4) is 0 Å². The second-order valence-electron chi connectivity index (χ2n) is 8.52. The molecule has 7 aromatic rings. The van der Waals surface area contributed by atoms with Gasteiger partial charge in [0.15, 0.2) is 0 Å². The van der Waals surface area contributed by atoms with E-state index in [9.17, 15) is 0 Å². The number of hydrogen-bond donors (Lipinski definition) is 0. The molecule has 3 aromatic heterocycles. The Balaban J connectivity index is 2.03. The van der Waals surface area contributed by atoms with Crippen molar-refractivity contribution >= 4 is 59.8 Å². The van der Waals surface area contributed by atoms with Crippen molar-refractivity contribution in [3.05, 3.63) is 109 Å². The van der Waals surface area contributed by atoms with Crippen LogP contribution in [0.25, 0.3) is 59.8 Å². The lowest BCUT2D eigenvalue weighted by Gasteiger charge is -2.03. The van der Waals surface area contributed by atoms with Crippen molar-refractivity contribution in [1.82, 2.24) is 9.38 Å². The minimum Gasteiger partial charge on any atom is -0.293 e. The topological polar surface area (TPSA) is 17.3 Å². The molecule has 0 aliphatic carbocycles. The van der Waals surface area contributed by atoms with Gasteiger partial charge < -0.3 is 0 Å². The summed E-state index contributed by atoms with van der Waals surface area (Å²) in [6.07, 6.45) is 1.91. The first-order valence-corrected chi connectivity index (χ1v) is 11.0. The summed E-state index contributed by atoms with van der Waals surface area (Å²) in [4.78, 5) is 4.96. The number of benzene rings is 4. The predicted molar refractivity (Wildman–Crippen MR) is 136 cm³/mol. The van der Waals surface area contributed by atoms with Crippen LogP contribution in [-0.4, -0.2) is 9.38 Å². The quantitative estimate of drug-likeness (QED) is 0.249. The zero-order chi connectivity index (χ0) is 21.2. The van der Waals surface area contributed by atoms with Gasteiger partial charge in [-0.25, -0.2) is 4.98 Å². The van der Waals surface area contributed by atoms with E-state index in [2.05, 4.69) is 102 Å². The number of rotatable bonds is 0. The first kappa shape index (κ1) is 17.5. The molecule has 2 nitrogen and oxygen atoms in total. The van der Waals surface area contributed by atoms with Gasteiger partial charge in [0.2, 0.25) is 0 Å². The first-order chi connectivity index (χ1) is 15.8. The summed E-state index contributed by atoms with van der Waals surface area (Å²) in [5.74, 6) is 0. The van der Waals surface area contributed by atoms with Gasteiger partial charge in [0.1, 0.15) is 5.65 Å².